The van der Waals surface area contributed by atoms with Gasteiger partial charge in [-0.05, 0) is 56.6 Å². The highest BCUT2D eigenvalue weighted by Crippen LogP contribution is 2.43. The molecule has 2 heterocycles. The summed E-state index contributed by atoms with van der Waals surface area (Å²) in [6, 6.07) is 9.13. The van der Waals surface area contributed by atoms with Crippen LogP contribution in [-0.2, 0) is 10.0 Å². The standard InChI is InChI=1S/C20H22FN3O2S/c1-22-16-9-7-14(8-10-16)18-13-24(19-6-3-11-23-20(18)19)27(25,26)17-5-2-4-15(21)12-17/h2-7,11-12,16,18,22H,8-10,13H2,1H3. The zero-order valence-electron chi connectivity index (χ0n) is 15.1. The summed E-state index contributed by atoms with van der Waals surface area (Å²) < 4.78 is 41.3. The lowest BCUT2D eigenvalue weighted by atomic mass is 9.86. The van der Waals surface area contributed by atoms with E-state index in [0.29, 0.717) is 18.3 Å². The smallest absolute Gasteiger partial charge is 0.264 e. The van der Waals surface area contributed by atoms with Crippen molar-refractivity contribution in [3.63, 3.8) is 0 Å². The Morgan fingerprint density at radius 2 is 2.11 bits per heavy atom. The molecule has 0 bridgehead atoms. The van der Waals surface area contributed by atoms with E-state index in [1.54, 1.807) is 18.3 Å². The van der Waals surface area contributed by atoms with Crippen molar-refractivity contribution >= 4 is 15.7 Å². The Morgan fingerprint density at radius 1 is 1.26 bits per heavy atom. The van der Waals surface area contributed by atoms with Gasteiger partial charge in [-0.3, -0.25) is 9.29 Å². The fourth-order valence-electron chi connectivity index (χ4n) is 3.95. The van der Waals surface area contributed by atoms with Crippen molar-refractivity contribution in [2.45, 2.75) is 36.1 Å². The number of hydrogen-bond donors (Lipinski definition) is 1. The Bertz CT molecular complexity index is 990. The van der Waals surface area contributed by atoms with Crippen LogP contribution >= 0.6 is 0 Å². The number of pyridine rings is 1. The molecule has 27 heavy (non-hydrogen) atoms. The largest absolute Gasteiger partial charge is 0.317 e. The third-order valence-electron chi connectivity index (χ3n) is 5.45. The van der Waals surface area contributed by atoms with E-state index in [-0.39, 0.29) is 10.8 Å². The zero-order chi connectivity index (χ0) is 19.0. The molecule has 5 nitrogen and oxygen atoms in total. The van der Waals surface area contributed by atoms with Gasteiger partial charge in [0, 0.05) is 24.7 Å². The van der Waals surface area contributed by atoms with E-state index >= 15 is 0 Å². The number of nitrogens with one attached hydrogen (secondary N) is 1. The lowest BCUT2D eigenvalue weighted by Gasteiger charge is -2.25. The maximum absolute atomic E-state index is 13.6. The lowest BCUT2D eigenvalue weighted by molar-refractivity contribution is 0.494. The molecule has 2 aliphatic rings. The normalized spacial score (nSPS) is 22.4. The Morgan fingerprint density at radius 3 is 2.81 bits per heavy atom. The molecular weight excluding hydrogens is 365 g/mol. The minimum Gasteiger partial charge on any atom is -0.317 e. The number of rotatable bonds is 4. The van der Waals surface area contributed by atoms with Crippen molar-refractivity contribution in [2.75, 3.05) is 17.9 Å². The maximum atomic E-state index is 13.6. The molecule has 7 heteroatoms. The molecule has 0 saturated carbocycles. The van der Waals surface area contributed by atoms with Crippen LogP contribution in [-0.4, -0.2) is 33.0 Å². The van der Waals surface area contributed by atoms with Gasteiger partial charge in [0.25, 0.3) is 10.0 Å². The van der Waals surface area contributed by atoms with Crippen molar-refractivity contribution in [3.8, 4) is 0 Å². The summed E-state index contributed by atoms with van der Waals surface area (Å²) in [6.07, 6.45) is 6.79. The molecule has 0 radical (unpaired) electrons. The average Bonchev–Trinajstić information content (AvgIpc) is 3.08. The predicted molar refractivity (Wildman–Crippen MR) is 103 cm³/mol. The SMILES string of the molecule is CNC1CC=C(C2CN(S(=O)(=O)c3cccc(F)c3)c3cccnc32)CC1. The number of benzene rings is 1. The van der Waals surface area contributed by atoms with Gasteiger partial charge in [-0.25, -0.2) is 12.8 Å². The van der Waals surface area contributed by atoms with Crippen molar-refractivity contribution in [3.05, 3.63) is 65.8 Å². The monoisotopic (exact) mass is 387 g/mol. The molecule has 0 fully saturated rings. The van der Waals surface area contributed by atoms with Crippen LogP contribution in [0.3, 0.4) is 0 Å². The fraction of sp³-hybridized carbons (Fsp3) is 0.350. The van der Waals surface area contributed by atoms with E-state index in [9.17, 15) is 12.8 Å². The van der Waals surface area contributed by atoms with Crippen molar-refractivity contribution < 1.29 is 12.8 Å². The second kappa shape index (κ2) is 7.05. The maximum Gasteiger partial charge on any atom is 0.264 e. The van der Waals surface area contributed by atoms with Gasteiger partial charge in [0.2, 0.25) is 0 Å². The number of anilines is 1. The van der Waals surface area contributed by atoms with Crippen LogP contribution < -0.4 is 9.62 Å². The van der Waals surface area contributed by atoms with Crippen LogP contribution in [0.2, 0.25) is 0 Å². The molecule has 2 atom stereocenters. The third kappa shape index (κ3) is 3.26. The average molecular weight is 387 g/mol. The number of sulfonamides is 1. The van der Waals surface area contributed by atoms with Crippen LogP contribution in [0.25, 0.3) is 0 Å². The molecule has 0 amide bonds. The highest BCUT2D eigenvalue weighted by atomic mass is 32.2. The van der Waals surface area contributed by atoms with Gasteiger partial charge in [0.05, 0.1) is 16.3 Å². The quantitative estimate of drug-likeness (QED) is 0.819. The van der Waals surface area contributed by atoms with E-state index in [0.717, 1.165) is 31.0 Å². The Balaban J connectivity index is 1.71. The van der Waals surface area contributed by atoms with Crippen LogP contribution in [0.1, 0.15) is 30.9 Å². The summed E-state index contributed by atoms with van der Waals surface area (Å²) in [7, 11) is -1.89. The van der Waals surface area contributed by atoms with Crippen LogP contribution in [0.4, 0.5) is 10.1 Å². The molecule has 4 rings (SSSR count). The molecule has 0 saturated heterocycles. The fourth-order valence-corrected chi connectivity index (χ4v) is 5.47. The van der Waals surface area contributed by atoms with Gasteiger partial charge < -0.3 is 5.32 Å². The van der Waals surface area contributed by atoms with Crippen molar-refractivity contribution in [1.82, 2.24) is 10.3 Å². The van der Waals surface area contributed by atoms with E-state index < -0.39 is 15.8 Å². The Labute approximate surface area is 159 Å². The second-order valence-corrected chi connectivity index (χ2v) is 8.86. The van der Waals surface area contributed by atoms with Crippen LogP contribution in [0, 0.1) is 5.82 Å². The highest BCUT2D eigenvalue weighted by molar-refractivity contribution is 7.92. The first kappa shape index (κ1) is 18.1. The summed E-state index contributed by atoms with van der Waals surface area (Å²) in [5, 5.41) is 3.29. The number of fused-ring (bicyclic) bond motifs is 1. The molecule has 1 aliphatic heterocycles. The van der Waals surface area contributed by atoms with Gasteiger partial charge in [0.15, 0.2) is 0 Å². The zero-order valence-corrected chi connectivity index (χ0v) is 15.9. The lowest BCUT2D eigenvalue weighted by Crippen LogP contribution is -2.31. The first-order valence-corrected chi connectivity index (χ1v) is 10.5. The number of hydrogen-bond acceptors (Lipinski definition) is 4. The number of nitrogens with zero attached hydrogens (tertiary/aromatic N) is 2. The molecule has 1 aromatic heterocycles. The summed E-state index contributed by atoms with van der Waals surface area (Å²) in [5.41, 5.74) is 2.61. The van der Waals surface area contributed by atoms with Gasteiger partial charge in [-0.15, -0.1) is 0 Å². The van der Waals surface area contributed by atoms with E-state index in [1.165, 1.54) is 28.1 Å². The Kier molecular flexibility index (Phi) is 4.74. The first-order valence-electron chi connectivity index (χ1n) is 9.10. The van der Waals surface area contributed by atoms with E-state index in [1.807, 2.05) is 7.05 Å². The van der Waals surface area contributed by atoms with Gasteiger partial charge >= 0.3 is 0 Å². The Hall–Kier alpha value is -2.25. The van der Waals surface area contributed by atoms with Gasteiger partial charge in [-0.2, -0.15) is 0 Å². The minimum atomic E-state index is -3.85. The van der Waals surface area contributed by atoms with E-state index in [4.69, 9.17) is 0 Å². The number of halogens is 1. The number of aromatic nitrogens is 1. The molecule has 142 valence electrons. The van der Waals surface area contributed by atoms with Crippen LogP contribution in [0.5, 0.6) is 0 Å². The second-order valence-electron chi connectivity index (χ2n) is 6.99. The molecule has 2 unspecified atom stereocenters. The third-order valence-corrected chi connectivity index (χ3v) is 7.23. The molecule has 2 aromatic rings. The highest BCUT2D eigenvalue weighted by Gasteiger charge is 2.39. The molecule has 0 spiro atoms. The topological polar surface area (TPSA) is 62.3 Å². The summed E-state index contributed by atoms with van der Waals surface area (Å²) in [6.45, 7) is 0.307. The minimum absolute atomic E-state index is 0.0363. The van der Waals surface area contributed by atoms with Crippen LogP contribution in [0.15, 0.2) is 59.1 Å². The van der Waals surface area contributed by atoms with E-state index in [2.05, 4.69) is 16.4 Å². The molecular formula is C20H22FN3O2S. The summed E-state index contributed by atoms with van der Waals surface area (Å²) >= 11 is 0. The summed E-state index contributed by atoms with van der Waals surface area (Å²) in [5.74, 6) is -0.617. The first-order chi connectivity index (χ1) is 13.0. The van der Waals surface area contributed by atoms with Gasteiger partial charge in [0.1, 0.15) is 5.82 Å². The van der Waals surface area contributed by atoms with Gasteiger partial charge in [-0.1, -0.05) is 17.7 Å². The molecule has 1 aromatic carbocycles. The molecule has 1 N–H and O–H groups in total. The summed E-state index contributed by atoms with van der Waals surface area (Å²) in [4.78, 5) is 4.46. The predicted octanol–water partition coefficient (Wildman–Crippen LogP) is 3.21. The molecule has 1 aliphatic carbocycles. The van der Waals surface area contributed by atoms with Crippen molar-refractivity contribution in [1.29, 1.82) is 0 Å². The van der Waals surface area contributed by atoms with Crippen molar-refractivity contribution in [2.24, 2.45) is 0 Å².